The van der Waals surface area contributed by atoms with Crippen LogP contribution >= 0.6 is 11.6 Å². The zero-order valence-electron chi connectivity index (χ0n) is 9.06. The SMILES string of the molecule is NC1(c2nc(-c3ccc(Cl)cn3)no2)CCC1. The van der Waals surface area contributed by atoms with Gasteiger partial charge in [0.05, 0.1) is 10.6 Å². The van der Waals surface area contributed by atoms with Gasteiger partial charge in [-0.25, -0.2) is 0 Å². The molecule has 0 spiro atoms. The van der Waals surface area contributed by atoms with Gasteiger partial charge in [-0.2, -0.15) is 4.98 Å². The summed E-state index contributed by atoms with van der Waals surface area (Å²) in [5, 5.41) is 4.47. The Morgan fingerprint density at radius 1 is 1.35 bits per heavy atom. The number of pyridine rings is 1. The minimum Gasteiger partial charge on any atom is -0.337 e. The fourth-order valence-electron chi connectivity index (χ4n) is 1.81. The number of nitrogens with zero attached hydrogens (tertiary/aromatic N) is 3. The van der Waals surface area contributed by atoms with Crippen molar-refractivity contribution in [3.05, 3.63) is 29.2 Å². The van der Waals surface area contributed by atoms with E-state index in [0.717, 1.165) is 19.3 Å². The molecule has 1 saturated carbocycles. The van der Waals surface area contributed by atoms with E-state index in [-0.39, 0.29) is 0 Å². The molecule has 2 aromatic heterocycles. The summed E-state index contributed by atoms with van der Waals surface area (Å²) in [5.74, 6) is 0.948. The zero-order valence-corrected chi connectivity index (χ0v) is 9.81. The van der Waals surface area contributed by atoms with Crippen LogP contribution in [-0.2, 0) is 5.54 Å². The molecule has 0 radical (unpaired) electrons. The van der Waals surface area contributed by atoms with E-state index in [2.05, 4.69) is 15.1 Å². The average Bonchev–Trinajstić information content (AvgIpc) is 2.76. The van der Waals surface area contributed by atoms with E-state index in [0.29, 0.717) is 22.4 Å². The van der Waals surface area contributed by atoms with Crippen molar-refractivity contribution in [2.75, 3.05) is 0 Å². The van der Waals surface area contributed by atoms with Crippen molar-refractivity contribution in [2.24, 2.45) is 5.73 Å². The first-order valence-electron chi connectivity index (χ1n) is 5.42. The summed E-state index contributed by atoms with van der Waals surface area (Å²) in [6, 6.07) is 3.49. The number of hydrogen-bond acceptors (Lipinski definition) is 5. The van der Waals surface area contributed by atoms with Gasteiger partial charge < -0.3 is 10.3 Å². The van der Waals surface area contributed by atoms with Gasteiger partial charge in [0.15, 0.2) is 0 Å². The highest BCUT2D eigenvalue weighted by molar-refractivity contribution is 6.30. The topological polar surface area (TPSA) is 77.8 Å². The fourth-order valence-corrected chi connectivity index (χ4v) is 1.92. The molecule has 1 aliphatic rings. The zero-order chi connectivity index (χ0) is 11.9. The largest absolute Gasteiger partial charge is 0.337 e. The number of hydrogen-bond donors (Lipinski definition) is 1. The monoisotopic (exact) mass is 250 g/mol. The maximum absolute atomic E-state index is 6.10. The van der Waals surface area contributed by atoms with Crippen LogP contribution in [0.5, 0.6) is 0 Å². The third-order valence-corrected chi connectivity index (χ3v) is 3.28. The van der Waals surface area contributed by atoms with Crippen molar-refractivity contribution in [3.63, 3.8) is 0 Å². The highest BCUT2D eigenvalue weighted by Gasteiger charge is 2.40. The third kappa shape index (κ3) is 1.81. The second-order valence-corrected chi connectivity index (χ2v) is 4.73. The van der Waals surface area contributed by atoms with Crippen LogP contribution in [0.1, 0.15) is 25.2 Å². The fraction of sp³-hybridized carbons (Fsp3) is 0.364. The number of nitrogens with two attached hydrogens (primary N) is 1. The van der Waals surface area contributed by atoms with Gasteiger partial charge in [-0.15, -0.1) is 0 Å². The third-order valence-electron chi connectivity index (χ3n) is 3.05. The van der Waals surface area contributed by atoms with Crippen LogP contribution in [0.2, 0.25) is 5.02 Å². The normalized spacial score (nSPS) is 17.8. The maximum atomic E-state index is 6.10. The Bertz CT molecular complexity index is 533. The Kier molecular flexibility index (Phi) is 2.38. The van der Waals surface area contributed by atoms with Gasteiger partial charge in [0.25, 0.3) is 0 Å². The molecular weight excluding hydrogens is 240 g/mol. The highest BCUT2D eigenvalue weighted by Crippen LogP contribution is 2.38. The van der Waals surface area contributed by atoms with Gasteiger partial charge in [0, 0.05) is 6.20 Å². The lowest BCUT2D eigenvalue weighted by Crippen LogP contribution is -2.43. The van der Waals surface area contributed by atoms with Crippen LogP contribution in [0.15, 0.2) is 22.9 Å². The van der Waals surface area contributed by atoms with Gasteiger partial charge in [-0.3, -0.25) is 4.98 Å². The summed E-state index contributed by atoms with van der Waals surface area (Å²) in [7, 11) is 0. The Balaban J connectivity index is 1.92. The van der Waals surface area contributed by atoms with Crippen molar-refractivity contribution < 1.29 is 4.52 Å². The van der Waals surface area contributed by atoms with E-state index >= 15 is 0 Å². The molecule has 3 rings (SSSR count). The quantitative estimate of drug-likeness (QED) is 0.883. The molecule has 88 valence electrons. The van der Waals surface area contributed by atoms with E-state index in [1.165, 1.54) is 0 Å². The molecule has 0 amide bonds. The maximum Gasteiger partial charge on any atom is 0.247 e. The van der Waals surface area contributed by atoms with Crippen LogP contribution in [0, 0.1) is 0 Å². The molecule has 0 aromatic carbocycles. The molecule has 6 heteroatoms. The molecule has 2 heterocycles. The molecule has 0 aliphatic heterocycles. The molecule has 0 bridgehead atoms. The minimum atomic E-state index is -0.433. The van der Waals surface area contributed by atoms with Gasteiger partial charge in [0.2, 0.25) is 11.7 Å². The Labute approximate surface area is 103 Å². The first kappa shape index (κ1) is 10.7. The van der Waals surface area contributed by atoms with Crippen LogP contribution in [0.3, 0.4) is 0 Å². The molecule has 2 N–H and O–H groups in total. The summed E-state index contributed by atoms with van der Waals surface area (Å²) in [6.45, 7) is 0. The smallest absolute Gasteiger partial charge is 0.247 e. The number of rotatable bonds is 2. The lowest BCUT2D eigenvalue weighted by atomic mass is 9.78. The van der Waals surface area contributed by atoms with Crippen molar-refractivity contribution in [1.29, 1.82) is 0 Å². The van der Waals surface area contributed by atoms with E-state index < -0.39 is 5.54 Å². The Morgan fingerprint density at radius 2 is 2.18 bits per heavy atom. The van der Waals surface area contributed by atoms with Gasteiger partial charge in [0.1, 0.15) is 5.69 Å². The van der Waals surface area contributed by atoms with Crippen LogP contribution < -0.4 is 5.73 Å². The number of halogens is 1. The Hall–Kier alpha value is -1.46. The second kappa shape index (κ2) is 3.78. The number of aromatic nitrogens is 3. The first-order chi connectivity index (χ1) is 8.17. The van der Waals surface area contributed by atoms with Crippen molar-refractivity contribution in [2.45, 2.75) is 24.8 Å². The van der Waals surface area contributed by atoms with Crippen molar-refractivity contribution in [1.82, 2.24) is 15.1 Å². The van der Waals surface area contributed by atoms with E-state index in [1.807, 2.05) is 0 Å². The lowest BCUT2D eigenvalue weighted by Gasteiger charge is -2.33. The molecule has 1 aliphatic carbocycles. The van der Waals surface area contributed by atoms with Crippen LogP contribution in [0.4, 0.5) is 0 Å². The molecule has 5 nitrogen and oxygen atoms in total. The van der Waals surface area contributed by atoms with E-state index in [1.54, 1.807) is 18.3 Å². The van der Waals surface area contributed by atoms with Crippen molar-refractivity contribution in [3.8, 4) is 11.5 Å². The summed E-state index contributed by atoms with van der Waals surface area (Å²) >= 11 is 5.76. The second-order valence-electron chi connectivity index (χ2n) is 4.29. The standard InChI is InChI=1S/C11H11ClN4O/c12-7-2-3-8(14-6-7)9-15-10(17-16-9)11(13)4-1-5-11/h2-3,6H,1,4-5,13H2. The molecular formula is C11H11ClN4O. The lowest BCUT2D eigenvalue weighted by molar-refractivity contribution is 0.181. The van der Waals surface area contributed by atoms with Gasteiger partial charge in [-0.05, 0) is 31.4 Å². The van der Waals surface area contributed by atoms with Gasteiger partial charge in [-0.1, -0.05) is 16.8 Å². The van der Waals surface area contributed by atoms with E-state index in [9.17, 15) is 0 Å². The molecule has 1 fully saturated rings. The van der Waals surface area contributed by atoms with Gasteiger partial charge >= 0.3 is 0 Å². The summed E-state index contributed by atoms with van der Waals surface area (Å²) in [6.07, 6.45) is 4.44. The Morgan fingerprint density at radius 3 is 2.76 bits per heavy atom. The van der Waals surface area contributed by atoms with E-state index in [4.69, 9.17) is 21.9 Å². The molecule has 17 heavy (non-hydrogen) atoms. The van der Waals surface area contributed by atoms with Crippen molar-refractivity contribution >= 4 is 11.6 Å². The average molecular weight is 251 g/mol. The highest BCUT2D eigenvalue weighted by atomic mass is 35.5. The minimum absolute atomic E-state index is 0.433. The first-order valence-corrected chi connectivity index (χ1v) is 5.80. The molecule has 0 atom stereocenters. The summed E-state index contributed by atoms with van der Waals surface area (Å²) < 4.78 is 5.20. The predicted octanol–water partition coefficient (Wildman–Crippen LogP) is 2.12. The molecule has 2 aromatic rings. The summed E-state index contributed by atoms with van der Waals surface area (Å²) in [5.41, 5.74) is 6.30. The molecule has 0 saturated heterocycles. The summed E-state index contributed by atoms with van der Waals surface area (Å²) in [4.78, 5) is 8.43. The predicted molar refractivity (Wildman–Crippen MR) is 62.3 cm³/mol. The van der Waals surface area contributed by atoms with Crippen LogP contribution in [-0.4, -0.2) is 15.1 Å². The molecule has 0 unspecified atom stereocenters. The van der Waals surface area contributed by atoms with Crippen LogP contribution in [0.25, 0.3) is 11.5 Å².